The molecule has 1 saturated carbocycles. The molecule has 106 valence electrons. The molecule has 1 aliphatic carbocycles. The van der Waals surface area contributed by atoms with E-state index in [0.29, 0.717) is 28.7 Å². The highest BCUT2D eigenvalue weighted by molar-refractivity contribution is 7.16. The third kappa shape index (κ3) is 1.91. The number of aliphatic carboxylic acids is 1. The third-order valence-corrected chi connectivity index (χ3v) is 4.87. The molecule has 1 aromatic heterocycles. The lowest BCUT2D eigenvalue weighted by Gasteiger charge is -2.33. The lowest BCUT2D eigenvalue weighted by atomic mass is 9.69. The minimum absolute atomic E-state index is 0.0705. The maximum absolute atomic E-state index is 11.8. The van der Waals surface area contributed by atoms with Gasteiger partial charge in [0.15, 0.2) is 0 Å². The molecule has 0 saturated heterocycles. The number of phenolic OH excluding ortho intramolecular Hbond substituents is 1. The molecule has 0 unspecified atom stereocenters. The van der Waals surface area contributed by atoms with Crippen LogP contribution in [-0.4, -0.2) is 16.2 Å². The summed E-state index contributed by atoms with van der Waals surface area (Å²) in [4.78, 5) is 22.6. The van der Waals surface area contributed by atoms with Crippen LogP contribution in [0.5, 0.6) is 5.75 Å². The maximum Gasteiger partial charge on any atom is 0.396 e. The van der Waals surface area contributed by atoms with Crippen LogP contribution >= 0.6 is 11.3 Å². The van der Waals surface area contributed by atoms with Crippen LogP contribution in [-0.2, 0) is 10.2 Å². The van der Waals surface area contributed by atoms with Gasteiger partial charge in [0.05, 0.1) is 10.1 Å². The second-order valence-electron chi connectivity index (χ2n) is 5.22. The van der Waals surface area contributed by atoms with E-state index in [1.54, 1.807) is 0 Å². The van der Waals surface area contributed by atoms with Crippen LogP contribution in [0.2, 0.25) is 0 Å². The molecule has 3 rings (SSSR count). The van der Waals surface area contributed by atoms with Crippen molar-refractivity contribution in [1.82, 2.24) is 0 Å². The van der Waals surface area contributed by atoms with Gasteiger partial charge in [0.2, 0.25) is 0 Å². The van der Waals surface area contributed by atoms with Crippen molar-refractivity contribution in [2.45, 2.75) is 37.5 Å². The molecule has 2 aromatic rings. The Hall–Kier alpha value is -1.82. The number of phenols is 1. The Morgan fingerprint density at radius 2 is 1.95 bits per heavy atom. The van der Waals surface area contributed by atoms with Crippen LogP contribution in [0.4, 0.5) is 0 Å². The average molecular weight is 294 g/mol. The molecule has 6 heteroatoms. The number of hydrogen-bond acceptors (Lipinski definition) is 5. The fourth-order valence-electron chi connectivity index (χ4n) is 3.05. The Morgan fingerprint density at radius 1 is 1.25 bits per heavy atom. The molecule has 20 heavy (non-hydrogen) atoms. The van der Waals surface area contributed by atoms with E-state index in [1.165, 1.54) is 12.1 Å². The van der Waals surface area contributed by atoms with Crippen molar-refractivity contribution in [2.75, 3.05) is 0 Å². The highest BCUT2D eigenvalue weighted by Gasteiger charge is 2.43. The molecule has 2 N–H and O–H groups in total. The van der Waals surface area contributed by atoms with E-state index in [-0.39, 0.29) is 5.75 Å². The molecular formula is C14H14O5S. The summed E-state index contributed by atoms with van der Waals surface area (Å²) in [6.45, 7) is 0. The second kappa shape index (κ2) is 4.63. The summed E-state index contributed by atoms with van der Waals surface area (Å²) in [7, 11) is 0. The van der Waals surface area contributed by atoms with Crippen molar-refractivity contribution in [3.63, 3.8) is 0 Å². The van der Waals surface area contributed by atoms with E-state index in [2.05, 4.69) is 0 Å². The van der Waals surface area contributed by atoms with Crippen LogP contribution in [0.1, 0.15) is 37.7 Å². The van der Waals surface area contributed by atoms with Gasteiger partial charge < -0.3 is 14.6 Å². The monoisotopic (exact) mass is 294 g/mol. The Kier molecular flexibility index (Phi) is 3.05. The molecule has 0 radical (unpaired) electrons. The number of fused-ring (bicyclic) bond motifs is 1. The molecule has 1 heterocycles. The topological polar surface area (TPSA) is 87.7 Å². The molecule has 0 amide bonds. The predicted octanol–water partition coefficient (Wildman–Crippen LogP) is 2.85. The number of carbonyl (C=O) groups is 1. The summed E-state index contributed by atoms with van der Waals surface area (Å²) in [5.41, 5.74) is -0.366. The largest absolute Gasteiger partial charge is 0.508 e. The fourth-order valence-corrected chi connectivity index (χ4v) is 3.73. The van der Waals surface area contributed by atoms with Gasteiger partial charge in [-0.25, -0.2) is 4.79 Å². The van der Waals surface area contributed by atoms with Gasteiger partial charge in [0, 0.05) is 11.6 Å². The third-order valence-electron chi connectivity index (χ3n) is 4.08. The van der Waals surface area contributed by atoms with Crippen LogP contribution in [0.3, 0.4) is 0 Å². The van der Waals surface area contributed by atoms with E-state index in [4.69, 9.17) is 4.42 Å². The minimum Gasteiger partial charge on any atom is -0.508 e. The quantitative estimate of drug-likeness (QED) is 0.889. The first-order valence-corrected chi connectivity index (χ1v) is 7.35. The number of benzene rings is 1. The molecule has 0 spiro atoms. The summed E-state index contributed by atoms with van der Waals surface area (Å²) in [6, 6.07) is 2.95. The smallest absolute Gasteiger partial charge is 0.396 e. The zero-order valence-corrected chi connectivity index (χ0v) is 11.5. The van der Waals surface area contributed by atoms with E-state index in [9.17, 15) is 19.8 Å². The maximum atomic E-state index is 11.8. The summed E-state index contributed by atoms with van der Waals surface area (Å²) < 4.78 is 5.57. The number of hydrogen-bond donors (Lipinski definition) is 2. The Labute approximate surface area is 118 Å². The number of aromatic hydroxyl groups is 1. The summed E-state index contributed by atoms with van der Waals surface area (Å²) in [5, 5.41) is 19.8. The summed E-state index contributed by atoms with van der Waals surface area (Å²) in [6.07, 6.45) is 3.63. The van der Waals surface area contributed by atoms with Crippen LogP contribution < -0.4 is 4.94 Å². The Morgan fingerprint density at radius 3 is 2.60 bits per heavy atom. The van der Waals surface area contributed by atoms with E-state index in [1.807, 2.05) is 0 Å². The first-order chi connectivity index (χ1) is 9.53. The summed E-state index contributed by atoms with van der Waals surface area (Å²) >= 11 is 0.899. The van der Waals surface area contributed by atoms with E-state index in [0.717, 1.165) is 30.6 Å². The van der Waals surface area contributed by atoms with Crippen LogP contribution in [0, 0.1) is 0 Å². The zero-order valence-electron chi connectivity index (χ0n) is 10.7. The second-order valence-corrected chi connectivity index (χ2v) is 6.20. The molecule has 1 aromatic carbocycles. The highest BCUT2D eigenvalue weighted by atomic mass is 32.1. The van der Waals surface area contributed by atoms with E-state index >= 15 is 0 Å². The Balaban J connectivity index is 2.22. The van der Waals surface area contributed by atoms with Crippen molar-refractivity contribution >= 4 is 27.6 Å². The predicted molar refractivity (Wildman–Crippen MR) is 74.4 cm³/mol. The molecule has 5 nitrogen and oxygen atoms in total. The van der Waals surface area contributed by atoms with Gasteiger partial charge in [0.1, 0.15) is 11.3 Å². The summed E-state index contributed by atoms with van der Waals surface area (Å²) in [5.74, 6) is -0.997. The van der Waals surface area contributed by atoms with Gasteiger partial charge in [-0.3, -0.25) is 4.79 Å². The molecule has 0 bridgehead atoms. The van der Waals surface area contributed by atoms with Crippen molar-refractivity contribution < 1.29 is 19.4 Å². The van der Waals surface area contributed by atoms with E-state index < -0.39 is 16.3 Å². The van der Waals surface area contributed by atoms with Crippen molar-refractivity contribution in [2.24, 2.45) is 0 Å². The van der Waals surface area contributed by atoms with Gasteiger partial charge in [-0.15, -0.1) is 0 Å². The normalized spacial score (nSPS) is 18.2. The molecule has 0 atom stereocenters. The highest BCUT2D eigenvalue weighted by Crippen LogP contribution is 2.44. The van der Waals surface area contributed by atoms with Gasteiger partial charge in [-0.1, -0.05) is 30.6 Å². The van der Waals surface area contributed by atoms with Gasteiger partial charge in [-0.2, -0.15) is 0 Å². The lowest BCUT2D eigenvalue weighted by Crippen LogP contribution is -2.37. The van der Waals surface area contributed by atoms with Crippen molar-refractivity contribution in [1.29, 1.82) is 0 Å². The molecular weight excluding hydrogens is 280 g/mol. The fraction of sp³-hybridized carbons (Fsp3) is 0.429. The van der Waals surface area contributed by atoms with Crippen LogP contribution in [0.15, 0.2) is 21.3 Å². The average Bonchev–Trinajstić information content (AvgIpc) is 2.77. The number of rotatable bonds is 2. The van der Waals surface area contributed by atoms with Gasteiger partial charge in [0.25, 0.3) is 0 Å². The van der Waals surface area contributed by atoms with Gasteiger partial charge in [-0.05, 0) is 18.9 Å². The number of carboxylic acid groups (broad SMARTS) is 1. The molecule has 1 fully saturated rings. The molecule has 1 aliphatic rings. The minimum atomic E-state index is -1.07. The first-order valence-electron chi connectivity index (χ1n) is 6.53. The van der Waals surface area contributed by atoms with Crippen molar-refractivity contribution in [3.05, 3.63) is 27.4 Å². The lowest BCUT2D eigenvalue weighted by molar-refractivity contribution is -0.145. The SMILES string of the molecule is O=C(O)C1(c2cc3oc(=O)sc3cc2O)CCCCC1. The standard InChI is InChI=1S/C14H14O5S/c15-9-7-11-10(19-13(18)20-11)6-8(9)14(12(16)17)4-2-1-3-5-14/h6-7,15H,1-5H2,(H,16,17). The Bertz CT molecular complexity index is 721. The van der Waals surface area contributed by atoms with Crippen molar-refractivity contribution in [3.8, 4) is 5.75 Å². The van der Waals surface area contributed by atoms with Crippen LogP contribution in [0.25, 0.3) is 10.3 Å². The number of carboxylic acids is 1. The molecule has 0 aliphatic heterocycles. The zero-order chi connectivity index (χ0) is 14.3. The first kappa shape index (κ1) is 13.2. The van der Waals surface area contributed by atoms with Gasteiger partial charge >= 0.3 is 10.9 Å².